The normalized spacial score (nSPS) is 12.1. The molecule has 448 valence electrons. The van der Waals surface area contributed by atoms with Gasteiger partial charge in [0.1, 0.15) is 13.2 Å². The van der Waals surface area contributed by atoms with E-state index in [1.54, 1.807) is 0 Å². The summed E-state index contributed by atoms with van der Waals surface area (Å²) in [6.45, 7) is 6.68. The Morgan fingerprint density at radius 1 is 0.263 bits per heavy atom. The maximum Gasteiger partial charge on any atom is 0.306 e. The third kappa shape index (κ3) is 62.7. The van der Waals surface area contributed by atoms with Crippen LogP contribution in [0.1, 0.15) is 387 Å². The first kappa shape index (κ1) is 73.9. The molecule has 76 heavy (non-hydrogen) atoms. The molecule has 0 aliphatic carbocycles. The lowest BCUT2D eigenvalue weighted by Gasteiger charge is -2.18. The summed E-state index contributed by atoms with van der Waals surface area (Å²) >= 11 is 0. The van der Waals surface area contributed by atoms with Crippen molar-refractivity contribution in [3.63, 3.8) is 0 Å². The number of carbonyl (C=O) groups excluding carboxylic acids is 3. The van der Waals surface area contributed by atoms with Gasteiger partial charge in [-0.2, -0.15) is 0 Å². The highest BCUT2D eigenvalue weighted by atomic mass is 16.6. The topological polar surface area (TPSA) is 78.9 Å². The van der Waals surface area contributed by atoms with Crippen molar-refractivity contribution in [1.29, 1.82) is 0 Å². The number of ether oxygens (including phenoxy) is 3. The van der Waals surface area contributed by atoms with E-state index in [9.17, 15) is 14.4 Å². The van der Waals surface area contributed by atoms with Crippen LogP contribution in [0.3, 0.4) is 0 Å². The molecule has 0 saturated heterocycles. The number of esters is 3. The number of hydrogen-bond donors (Lipinski definition) is 0. The highest BCUT2D eigenvalue weighted by Gasteiger charge is 2.19. The van der Waals surface area contributed by atoms with Gasteiger partial charge in [0.15, 0.2) is 6.10 Å². The van der Waals surface area contributed by atoms with Gasteiger partial charge in [-0.05, 0) is 51.4 Å². The van der Waals surface area contributed by atoms with Gasteiger partial charge in [0.2, 0.25) is 0 Å². The summed E-state index contributed by atoms with van der Waals surface area (Å²) < 4.78 is 16.9. The highest BCUT2D eigenvalue weighted by molar-refractivity contribution is 5.71. The van der Waals surface area contributed by atoms with Crippen LogP contribution in [0.5, 0.6) is 0 Å². The van der Waals surface area contributed by atoms with E-state index >= 15 is 0 Å². The van der Waals surface area contributed by atoms with Gasteiger partial charge in [-0.25, -0.2) is 0 Å². The fourth-order valence-corrected chi connectivity index (χ4v) is 10.5. The Morgan fingerprint density at radius 2 is 0.474 bits per heavy atom. The second-order valence-corrected chi connectivity index (χ2v) is 23.5. The lowest BCUT2D eigenvalue weighted by Crippen LogP contribution is -2.30. The van der Waals surface area contributed by atoms with Crippen LogP contribution in [0, 0.1) is 0 Å². The summed E-state index contributed by atoms with van der Waals surface area (Å²) in [5.41, 5.74) is 0. The van der Waals surface area contributed by atoms with E-state index in [4.69, 9.17) is 14.2 Å². The molecule has 6 heteroatoms. The first-order valence-corrected chi connectivity index (χ1v) is 34.3. The van der Waals surface area contributed by atoms with Crippen molar-refractivity contribution in [2.75, 3.05) is 13.2 Å². The fourth-order valence-electron chi connectivity index (χ4n) is 10.5. The predicted molar refractivity (Wildman–Crippen MR) is 330 cm³/mol. The summed E-state index contributed by atoms with van der Waals surface area (Å²) in [4.78, 5) is 38.2. The van der Waals surface area contributed by atoms with Crippen molar-refractivity contribution in [2.45, 2.75) is 393 Å². The molecule has 0 aliphatic rings. The van der Waals surface area contributed by atoms with Crippen molar-refractivity contribution in [2.24, 2.45) is 0 Å². The smallest absolute Gasteiger partial charge is 0.306 e. The van der Waals surface area contributed by atoms with E-state index in [2.05, 4.69) is 45.1 Å². The lowest BCUT2D eigenvalue weighted by molar-refractivity contribution is -0.167. The van der Waals surface area contributed by atoms with E-state index in [0.717, 1.165) is 64.2 Å². The largest absolute Gasteiger partial charge is 0.462 e. The van der Waals surface area contributed by atoms with Crippen LogP contribution >= 0.6 is 0 Å². The maximum atomic E-state index is 12.9. The quantitative estimate of drug-likeness (QED) is 0.0261. The Labute approximate surface area is 474 Å². The summed E-state index contributed by atoms with van der Waals surface area (Å²) in [6, 6.07) is 0. The van der Waals surface area contributed by atoms with Crippen LogP contribution in [-0.4, -0.2) is 37.2 Å². The third-order valence-corrected chi connectivity index (χ3v) is 15.7. The minimum absolute atomic E-state index is 0.0637. The Bertz CT molecular complexity index is 1230. The first-order valence-electron chi connectivity index (χ1n) is 34.3. The van der Waals surface area contributed by atoms with E-state index in [-0.39, 0.29) is 31.1 Å². The van der Waals surface area contributed by atoms with Crippen molar-refractivity contribution in [3.05, 3.63) is 24.3 Å². The molecule has 0 rings (SSSR count). The Hall–Kier alpha value is -2.11. The molecule has 0 heterocycles. The lowest BCUT2D eigenvalue weighted by atomic mass is 10.0. The van der Waals surface area contributed by atoms with Crippen molar-refractivity contribution in [1.82, 2.24) is 0 Å². The Balaban J connectivity index is 4.04. The van der Waals surface area contributed by atoms with Crippen LogP contribution < -0.4 is 0 Å². The molecule has 0 fully saturated rings. The average molecular weight is 1070 g/mol. The minimum Gasteiger partial charge on any atom is -0.462 e. The number of hydrogen-bond acceptors (Lipinski definition) is 6. The van der Waals surface area contributed by atoms with Gasteiger partial charge in [0, 0.05) is 19.3 Å². The van der Waals surface area contributed by atoms with Crippen molar-refractivity contribution < 1.29 is 28.6 Å². The molecule has 0 amide bonds. The van der Waals surface area contributed by atoms with Gasteiger partial charge in [-0.1, -0.05) is 340 Å². The fraction of sp³-hybridized carbons (Fsp3) is 0.900. The van der Waals surface area contributed by atoms with Gasteiger partial charge in [-0.15, -0.1) is 0 Å². The Morgan fingerprint density at radius 3 is 0.724 bits per heavy atom. The van der Waals surface area contributed by atoms with Crippen LogP contribution in [-0.2, 0) is 28.6 Å². The van der Waals surface area contributed by atoms with Gasteiger partial charge in [0.25, 0.3) is 0 Å². The minimum atomic E-state index is -0.764. The van der Waals surface area contributed by atoms with Crippen molar-refractivity contribution >= 4 is 17.9 Å². The van der Waals surface area contributed by atoms with E-state index in [0.29, 0.717) is 19.3 Å². The molecule has 0 N–H and O–H groups in total. The van der Waals surface area contributed by atoms with Gasteiger partial charge < -0.3 is 14.2 Å². The Kier molecular flexibility index (Phi) is 63.6. The first-order chi connectivity index (χ1) is 37.5. The van der Waals surface area contributed by atoms with Crippen LogP contribution in [0.15, 0.2) is 24.3 Å². The summed E-state index contributed by atoms with van der Waals surface area (Å²) in [6.07, 6.45) is 79.4. The molecule has 0 aromatic heterocycles. The van der Waals surface area contributed by atoms with E-state index in [1.165, 1.54) is 283 Å². The van der Waals surface area contributed by atoms with E-state index in [1.807, 2.05) is 0 Å². The standard InChI is InChI=1S/C70H132O6/c1-4-7-10-13-16-19-21-23-25-27-29-30-31-32-33-34-35-36-37-38-39-40-41-43-44-46-48-51-54-57-60-63-69(72)75-66-67(65-74-68(71)62-59-56-53-50-18-15-12-9-6-3)76-70(73)64-61-58-55-52-49-47-45-42-28-26-24-22-20-17-14-11-8-5-2/h21,23,27,29,67H,4-20,22,24-26,28,30-66H2,1-3H3/b23-21-,29-27-. The molecule has 0 spiro atoms. The number of carbonyl (C=O) groups is 3. The molecule has 0 bridgehead atoms. The molecule has 0 aromatic rings. The SMILES string of the molecule is CCCCCCC/C=C\C/C=C\CCCCCCCCCCCCCCCCCCCCCC(=O)OCC(COC(=O)CCCCCCCCCCC)OC(=O)CCCCCCCCCCCCCCCCCCCC. The molecule has 0 aliphatic heterocycles. The molecular formula is C70H132O6. The van der Waals surface area contributed by atoms with Gasteiger partial charge >= 0.3 is 17.9 Å². The third-order valence-electron chi connectivity index (χ3n) is 15.7. The molecule has 6 nitrogen and oxygen atoms in total. The second-order valence-electron chi connectivity index (χ2n) is 23.5. The molecule has 0 radical (unpaired) electrons. The van der Waals surface area contributed by atoms with Crippen molar-refractivity contribution in [3.8, 4) is 0 Å². The molecule has 0 saturated carbocycles. The monoisotopic (exact) mass is 1070 g/mol. The number of allylic oxidation sites excluding steroid dienone is 4. The second kappa shape index (κ2) is 65.4. The molecule has 1 unspecified atom stereocenters. The highest BCUT2D eigenvalue weighted by Crippen LogP contribution is 2.18. The van der Waals surface area contributed by atoms with Crippen LogP contribution in [0.2, 0.25) is 0 Å². The van der Waals surface area contributed by atoms with Gasteiger partial charge in [0.05, 0.1) is 0 Å². The predicted octanol–water partition coefficient (Wildman–Crippen LogP) is 23.4. The zero-order valence-electron chi connectivity index (χ0n) is 51.6. The summed E-state index contributed by atoms with van der Waals surface area (Å²) in [5, 5.41) is 0. The molecule has 0 aromatic carbocycles. The number of rotatable bonds is 64. The zero-order chi connectivity index (χ0) is 55.0. The van der Waals surface area contributed by atoms with E-state index < -0.39 is 6.10 Å². The maximum absolute atomic E-state index is 12.9. The van der Waals surface area contributed by atoms with Crippen LogP contribution in [0.25, 0.3) is 0 Å². The van der Waals surface area contributed by atoms with Crippen LogP contribution in [0.4, 0.5) is 0 Å². The molecule has 1 atom stereocenters. The summed E-state index contributed by atoms with van der Waals surface area (Å²) in [7, 11) is 0. The van der Waals surface area contributed by atoms with Gasteiger partial charge in [-0.3, -0.25) is 14.4 Å². The number of unbranched alkanes of at least 4 members (excludes halogenated alkanes) is 49. The zero-order valence-corrected chi connectivity index (χ0v) is 51.6. The average Bonchev–Trinajstić information content (AvgIpc) is 3.42. The summed E-state index contributed by atoms with van der Waals surface area (Å²) in [5.74, 6) is -0.836. The molecular weight excluding hydrogens is 937 g/mol.